The number of unbranched alkanes of at least 4 members (excludes halogenated alkanes) is 1. The van der Waals surface area contributed by atoms with Crippen LogP contribution in [0, 0.1) is 0 Å². The smallest absolute Gasteiger partial charge is 0.0947 e. The molecular formula is C23H37BrSi3. The summed E-state index contributed by atoms with van der Waals surface area (Å²) < 4.78 is 0.276. The van der Waals surface area contributed by atoms with Crippen LogP contribution in [-0.2, 0) is 0 Å². The molecule has 0 atom stereocenters. The van der Waals surface area contributed by atoms with Gasteiger partial charge in [0.2, 0.25) is 0 Å². The van der Waals surface area contributed by atoms with Crippen LogP contribution in [0.5, 0.6) is 0 Å². The quantitative estimate of drug-likeness (QED) is 0.302. The molecule has 0 aliphatic rings. The van der Waals surface area contributed by atoms with Crippen LogP contribution in [0.25, 0.3) is 0 Å². The molecule has 0 heterocycles. The van der Waals surface area contributed by atoms with Gasteiger partial charge in [0.1, 0.15) is 8.07 Å². The normalized spacial score (nSPS) is 13.6. The minimum Gasteiger partial charge on any atom is -0.0947 e. The Kier molecular flexibility index (Phi) is 7.21. The first-order valence-corrected chi connectivity index (χ1v) is 20.3. The second kappa shape index (κ2) is 8.52. The van der Waals surface area contributed by atoms with Gasteiger partial charge in [-0.05, 0) is 6.04 Å². The van der Waals surface area contributed by atoms with Crippen molar-refractivity contribution in [3.8, 4) is 0 Å². The molecule has 0 bridgehead atoms. The molecular weight excluding hydrogens is 440 g/mol. The van der Waals surface area contributed by atoms with Gasteiger partial charge in [0, 0.05) is 3.19 Å². The molecule has 0 nitrogen and oxygen atoms in total. The average molecular weight is 478 g/mol. The lowest BCUT2D eigenvalue weighted by molar-refractivity contribution is 0.868. The molecule has 2 aromatic rings. The minimum atomic E-state index is -2.05. The number of halogens is 1. The summed E-state index contributed by atoms with van der Waals surface area (Å²) in [6.07, 6.45) is 2.56. The van der Waals surface area contributed by atoms with Crippen LogP contribution in [0.1, 0.15) is 19.8 Å². The van der Waals surface area contributed by atoms with Gasteiger partial charge in [0.05, 0.1) is 16.1 Å². The van der Waals surface area contributed by atoms with Crippen LogP contribution in [0.4, 0.5) is 0 Å². The number of hydrogen-bond acceptors (Lipinski definition) is 0. The molecule has 0 spiro atoms. The zero-order valence-corrected chi connectivity index (χ0v) is 22.9. The molecule has 27 heavy (non-hydrogen) atoms. The van der Waals surface area contributed by atoms with Gasteiger partial charge >= 0.3 is 0 Å². The molecule has 4 heteroatoms. The highest BCUT2D eigenvalue weighted by atomic mass is 79.9. The van der Waals surface area contributed by atoms with Crippen molar-refractivity contribution in [3.63, 3.8) is 0 Å². The maximum absolute atomic E-state index is 4.64. The first-order chi connectivity index (χ1) is 12.5. The van der Waals surface area contributed by atoms with Crippen molar-refractivity contribution in [1.29, 1.82) is 0 Å². The average Bonchev–Trinajstić information content (AvgIpc) is 2.62. The summed E-state index contributed by atoms with van der Waals surface area (Å²) in [4.78, 5) is 0. The lowest BCUT2D eigenvalue weighted by Crippen LogP contribution is -2.84. The van der Waals surface area contributed by atoms with E-state index in [1.807, 2.05) is 0 Å². The second-order valence-electron chi connectivity index (χ2n) is 9.90. The van der Waals surface area contributed by atoms with Crippen LogP contribution in [-0.4, -0.2) is 27.4 Å². The summed E-state index contributed by atoms with van der Waals surface area (Å²) >= 11 is 4.64. The lowest BCUT2D eigenvalue weighted by Gasteiger charge is -2.59. The highest BCUT2D eigenvalue weighted by molar-refractivity contribution is 9.12. The molecule has 0 radical (unpaired) electrons. The molecule has 0 N–H and O–H groups in total. The van der Waals surface area contributed by atoms with E-state index in [0.717, 1.165) is 0 Å². The van der Waals surface area contributed by atoms with Crippen LogP contribution in [0.3, 0.4) is 0 Å². The van der Waals surface area contributed by atoms with Crippen molar-refractivity contribution in [2.45, 2.75) is 68.3 Å². The monoisotopic (exact) mass is 476 g/mol. The highest BCUT2D eigenvalue weighted by Gasteiger charge is 2.65. The van der Waals surface area contributed by atoms with E-state index in [2.05, 4.69) is 123 Å². The van der Waals surface area contributed by atoms with Gasteiger partial charge in [-0.15, -0.1) is 0 Å². The molecule has 0 aliphatic heterocycles. The molecule has 0 saturated heterocycles. The van der Waals surface area contributed by atoms with E-state index in [1.165, 1.54) is 18.9 Å². The van der Waals surface area contributed by atoms with Crippen molar-refractivity contribution < 1.29 is 0 Å². The molecule has 0 unspecified atom stereocenters. The van der Waals surface area contributed by atoms with E-state index < -0.39 is 24.2 Å². The van der Waals surface area contributed by atoms with Gasteiger partial charge in [0.15, 0.2) is 0 Å². The predicted octanol–water partition coefficient (Wildman–Crippen LogP) is 6.48. The molecule has 2 rings (SSSR count). The fourth-order valence-corrected chi connectivity index (χ4v) is 33.5. The fraction of sp³-hybridized carbons (Fsp3) is 0.478. The Hall–Kier alpha value is -0.429. The SMILES string of the molecule is CCCC[Si](c1ccccc1)(c1ccccc1)C(Br)([Si](C)(C)C)[Si](C)(C)C. The van der Waals surface area contributed by atoms with Gasteiger partial charge < -0.3 is 0 Å². The Balaban J connectivity index is 2.98. The van der Waals surface area contributed by atoms with E-state index >= 15 is 0 Å². The number of alkyl halides is 1. The minimum absolute atomic E-state index is 0.276. The standard InChI is InChI=1S/C23H37BrSi3/c1-8-9-20-27(21-16-12-10-13-17-21,22-18-14-11-15-19-22)23(24,25(2,3)4)26(5,6)7/h10-19H,8-9,20H2,1-7H3. The van der Waals surface area contributed by atoms with E-state index in [-0.39, 0.29) is 3.19 Å². The van der Waals surface area contributed by atoms with Crippen molar-refractivity contribution >= 4 is 50.5 Å². The van der Waals surface area contributed by atoms with E-state index in [1.54, 1.807) is 10.4 Å². The van der Waals surface area contributed by atoms with Crippen LogP contribution in [0.15, 0.2) is 60.7 Å². The van der Waals surface area contributed by atoms with Gasteiger partial charge in [-0.1, -0.05) is 146 Å². The zero-order chi connectivity index (χ0) is 20.3. The fourth-order valence-electron chi connectivity index (χ4n) is 5.32. The maximum Gasteiger partial charge on any atom is 0.129 e. The van der Waals surface area contributed by atoms with Crippen LogP contribution in [0.2, 0.25) is 45.3 Å². The molecule has 0 aliphatic carbocycles. The summed E-state index contributed by atoms with van der Waals surface area (Å²) in [6.45, 7) is 17.9. The Morgan fingerprint density at radius 1 is 0.704 bits per heavy atom. The molecule has 0 saturated carbocycles. The Morgan fingerprint density at radius 3 is 1.37 bits per heavy atom. The maximum atomic E-state index is 4.64. The van der Waals surface area contributed by atoms with E-state index in [4.69, 9.17) is 0 Å². The first kappa shape index (κ1) is 22.9. The summed E-state index contributed by atoms with van der Waals surface area (Å²) in [6, 6.07) is 24.5. The van der Waals surface area contributed by atoms with E-state index in [0.29, 0.717) is 0 Å². The number of benzene rings is 2. The van der Waals surface area contributed by atoms with Crippen LogP contribution >= 0.6 is 15.9 Å². The zero-order valence-electron chi connectivity index (χ0n) is 18.3. The van der Waals surface area contributed by atoms with Gasteiger partial charge in [0.25, 0.3) is 0 Å². The second-order valence-corrected chi connectivity index (χ2v) is 29.5. The Labute approximate surface area is 179 Å². The Morgan fingerprint density at radius 2 is 1.07 bits per heavy atom. The highest BCUT2D eigenvalue weighted by Crippen LogP contribution is 2.47. The lowest BCUT2D eigenvalue weighted by atomic mass is 10.4. The third-order valence-electron chi connectivity index (χ3n) is 6.09. The number of rotatable bonds is 8. The number of hydrogen-bond donors (Lipinski definition) is 0. The predicted molar refractivity (Wildman–Crippen MR) is 136 cm³/mol. The third-order valence-corrected chi connectivity index (χ3v) is 35.9. The summed E-state index contributed by atoms with van der Waals surface area (Å²) in [7, 11) is -5.17. The van der Waals surface area contributed by atoms with Crippen molar-refractivity contribution in [2.24, 2.45) is 0 Å². The molecule has 148 valence electrons. The third kappa shape index (κ3) is 4.00. The van der Waals surface area contributed by atoms with Crippen molar-refractivity contribution in [1.82, 2.24) is 0 Å². The summed E-state index contributed by atoms with van der Waals surface area (Å²) in [5, 5.41) is 3.23. The van der Waals surface area contributed by atoms with E-state index in [9.17, 15) is 0 Å². The van der Waals surface area contributed by atoms with Crippen LogP contribution < -0.4 is 10.4 Å². The van der Waals surface area contributed by atoms with Gasteiger partial charge in [-0.3, -0.25) is 0 Å². The largest absolute Gasteiger partial charge is 0.129 e. The molecule has 2 aromatic carbocycles. The summed E-state index contributed by atoms with van der Waals surface area (Å²) in [5.74, 6) is 0. The van der Waals surface area contributed by atoms with Crippen molar-refractivity contribution in [2.75, 3.05) is 0 Å². The molecule has 0 amide bonds. The Bertz CT molecular complexity index is 661. The molecule has 0 aromatic heterocycles. The topological polar surface area (TPSA) is 0 Å². The van der Waals surface area contributed by atoms with Crippen molar-refractivity contribution in [3.05, 3.63) is 60.7 Å². The van der Waals surface area contributed by atoms with Gasteiger partial charge in [-0.2, -0.15) is 0 Å². The van der Waals surface area contributed by atoms with Gasteiger partial charge in [-0.25, -0.2) is 0 Å². The first-order valence-electron chi connectivity index (χ1n) is 10.3. The molecule has 0 fully saturated rings. The summed E-state index contributed by atoms with van der Waals surface area (Å²) in [5.41, 5.74) is 0.